The minimum atomic E-state index is -3.92. The van der Waals surface area contributed by atoms with Crippen LogP contribution in [0, 0.1) is 11.3 Å². The number of nitrogens with zero attached hydrogens (tertiary/aromatic N) is 3. The second-order valence-corrected chi connectivity index (χ2v) is 11.4. The minimum Gasteiger partial charge on any atom is -0.477 e. The average molecular weight is 529 g/mol. The van der Waals surface area contributed by atoms with Crippen LogP contribution in [0.4, 0.5) is 5.69 Å². The Hall–Kier alpha value is -4.46. The first kappa shape index (κ1) is 24.2. The van der Waals surface area contributed by atoms with E-state index in [1.807, 2.05) is 12.1 Å². The number of hydrogen-bond acceptors (Lipinski definition) is 7. The molecule has 8 nitrogen and oxygen atoms in total. The summed E-state index contributed by atoms with van der Waals surface area (Å²) >= 11 is 1.16. The van der Waals surface area contributed by atoms with Crippen molar-refractivity contribution in [3.63, 3.8) is 0 Å². The predicted molar refractivity (Wildman–Crippen MR) is 141 cm³/mol. The van der Waals surface area contributed by atoms with Gasteiger partial charge in [0.25, 0.3) is 0 Å². The van der Waals surface area contributed by atoms with Crippen molar-refractivity contribution in [2.75, 3.05) is 5.32 Å². The van der Waals surface area contributed by atoms with Crippen LogP contribution in [-0.4, -0.2) is 29.0 Å². The molecule has 2 heterocycles. The molecule has 1 atom stereocenters. The highest BCUT2D eigenvalue weighted by Crippen LogP contribution is 2.33. The lowest BCUT2D eigenvalue weighted by molar-refractivity contribution is 0.0702. The van der Waals surface area contributed by atoms with E-state index in [0.717, 1.165) is 21.6 Å². The van der Waals surface area contributed by atoms with Crippen LogP contribution in [0.25, 0.3) is 10.1 Å². The Morgan fingerprint density at radius 1 is 1.08 bits per heavy atom. The van der Waals surface area contributed by atoms with Gasteiger partial charge in [-0.3, -0.25) is 0 Å². The number of nitrogens with one attached hydrogen (secondary N) is 1. The molecular formula is C27H20N4O4S2. The molecule has 10 heteroatoms. The molecule has 0 bridgehead atoms. The molecule has 0 aliphatic carbocycles. The van der Waals surface area contributed by atoms with Crippen molar-refractivity contribution >= 4 is 42.9 Å². The summed E-state index contributed by atoms with van der Waals surface area (Å²) in [6.45, 7) is 0.356. The molecule has 2 N–H and O–H groups in total. The molecule has 0 saturated heterocycles. The Labute approximate surface area is 217 Å². The molecule has 0 aliphatic heterocycles. The van der Waals surface area contributed by atoms with Gasteiger partial charge in [-0.05, 0) is 59.5 Å². The first-order chi connectivity index (χ1) is 17.8. The van der Waals surface area contributed by atoms with Gasteiger partial charge < -0.3 is 15.0 Å². The summed E-state index contributed by atoms with van der Waals surface area (Å²) in [5, 5.41) is 21.1. The molecule has 37 heavy (non-hydrogen) atoms. The standard InChI is InChI=1S/C27H20N4O4S2/c28-14-18-6-8-19(9-7-18)16-31-17-29-15-23(31)26(37(34,35)22-4-2-1-3-5-22)30-21-10-11-24-20(12-21)13-25(36-24)27(32)33/h1-13,15,17,26,30H,16H2,(H,32,33). The van der Waals surface area contributed by atoms with E-state index in [4.69, 9.17) is 5.26 Å². The Bertz CT molecular complexity index is 1730. The first-order valence-corrected chi connectivity index (χ1v) is 13.5. The lowest BCUT2D eigenvalue weighted by atomic mass is 10.1. The van der Waals surface area contributed by atoms with Crippen molar-refractivity contribution < 1.29 is 18.3 Å². The number of carbonyl (C=O) groups is 1. The van der Waals surface area contributed by atoms with E-state index in [-0.39, 0.29) is 9.77 Å². The topological polar surface area (TPSA) is 125 Å². The molecule has 1 unspecified atom stereocenters. The van der Waals surface area contributed by atoms with Crippen molar-refractivity contribution in [3.05, 3.63) is 113 Å². The maximum atomic E-state index is 13.9. The summed E-state index contributed by atoms with van der Waals surface area (Å²) in [7, 11) is -3.92. The Morgan fingerprint density at radius 3 is 2.54 bits per heavy atom. The summed E-state index contributed by atoms with van der Waals surface area (Å²) in [6, 6.07) is 24.2. The van der Waals surface area contributed by atoms with Gasteiger partial charge in [-0.15, -0.1) is 11.3 Å². The largest absolute Gasteiger partial charge is 0.477 e. The molecule has 3 aromatic carbocycles. The van der Waals surface area contributed by atoms with Crippen LogP contribution in [0.5, 0.6) is 0 Å². The fraction of sp³-hybridized carbons (Fsp3) is 0.0741. The van der Waals surface area contributed by atoms with Crippen LogP contribution in [0.3, 0.4) is 0 Å². The number of thiophene rings is 1. The molecule has 184 valence electrons. The van der Waals surface area contributed by atoms with Crippen molar-refractivity contribution in [2.45, 2.75) is 16.8 Å². The fourth-order valence-corrected chi connectivity index (χ4v) is 6.51. The van der Waals surface area contributed by atoms with Gasteiger partial charge in [0.05, 0.1) is 34.7 Å². The SMILES string of the molecule is N#Cc1ccc(Cn2cncc2C(Nc2ccc3sc(C(=O)O)cc3c2)S(=O)(=O)c2ccccc2)cc1. The number of anilines is 1. The van der Waals surface area contributed by atoms with Crippen LogP contribution in [0.15, 0.2) is 96.3 Å². The van der Waals surface area contributed by atoms with E-state index < -0.39 is 21.2 Å². The summed E-state index contributed by atoms with van der Waals surface area (Å²) in [6.07, 6.45) is 3.09. The summed E-state index contributed by atoms with van der Waals surface area (Å²) < 4.78 is 30.3. The van der Waals surface area contributed by atoms with Gasteiger partial charge in [0.2, 0.25) is 9.84 Å². The Balaban J connectivity index is 1.56. The van der Waals surface area contributed by atoms with E-state index in [9.17, 15) is 18.3 Å². The second-order valence-electron chi connectivity index (χ2n) is 8.31. The third-order valence-electron chi connectivity index (χ3n) is 5.86. The smallest absolute Gasteiger partial charge is 0.345 e. The number of benzene rings is 3. The molecule has 5 rings (SSSR count). The van der Waals surface area contributed by atoms with Gasteiger partial charge in [-0.2, -0.15) is 5.26 Å². The highest BCUT2D eigenvalue weighted by molar-refractivity contribution is 7.91. The summed E-state index contributed by atoms with van der Waals surface area (Å²) in [5.41, 5.74) is 2.38. The van der Waals surface area contributed by atoms with Gasteiger partial charge in [-0.1, -0.05) is 30.3 Å². The highest BCUT2D eigenvalue weighted by Gasteiger charge is 2.32. The third kappa shape index (κ3) is 4.95. The molecule has 0 spiro atoms. The molecule has 0 radical (unpaired) electrons. The van der Waals surface area contributed by atoms with E-state index in [0.29, 0.717) is 28.9 Å². The zero-order chi connectivity index (χ0) is 26.0. The summed E-state index contributed by atoms with van der Waals surface area (Å²) in [4.78, 5) is 16.0. The van der Waals surface area contributed by atoms with Crippen LogP contribution in [0.2, 0.25) is 0 Å². The molecule has 2 aromatic heterocycles. The zero-order valence-electron chi connectivity index (χ0n) is 19.3. The molecule has 0 fully saturated rings. The van der Waals surface area contributed by atoms with E-state index in [1.54, 1.807) is 77.6 Å². The first-order valence-electron chi connectivity index (χ1n) is 11.2. The quantitative estimate of drug-likeness (QED) is 0.280. The molecular weight excluding hydrogens is 508 g/mol. The lowest BCUT2D eigenvalue weighted by Crippen LogP contribution is -2.24. The van der Waals surface area contributed by atoms with E-state index in [1.165, 1.54) is 6.20 Å². The Morgan fingerprint density at radius 2 is 1.84 bits per heavy atom. The van der Waals surface area contributed by atoms with Gasteiger partial charge in [0, 0.05) is 16.9 Å². The van der Waals surface area contributed by atoms with Crippen LogP contribution >= 0.6 is 11.3 Å². The van der Waals surface area contributed by atoms with Crippen molar-refractivity contribution in [1.82, 2.24) is 9.55 Å². The van der Waals surface area contributed by atoms with Gasteiger partial charge in [0.15, 0.2) is 5.37 Å². The van der Waals surface area contributed by atoms with Gasteiger partial charge in [-0.25, -0.2) is 18.2 Å². The normalized spacial score (nSPS) is 12.2. The number of imidazole rings is 1. The second kappa shape index (κ2) is 9.89. The van der Waals surface area contributed by atoms with Crippen LogP contribution in [0.1, 0.15) is 31.9 Å². The van der Waals surface area contributed by atoms with Crippen LogP contribution in [-0.2, 0) is 16.4 Å². The number of carboxylic acids is 1. The number of aromatic nitrogens is 2. The van der Waals surface area contributed by atoms with Crippen molar-refractivity contribution in [2.24, 2.45) is 0 Å². The number of hydrogen-bond donors (Lipinski definition) is 2. The number of carboxylic acid groups (broad SMARTS) is 1. The maximum absolute atomic E-state index is 13.9. The summed E-state index contributed by atoms with van der Waals surface area (Å²) in [5.74, 6) is -1.01. The highest BCUT2D eigenvalue weighted by atomic mass is 32.2. The van der Waals surface area contributed by atoms with Crippen LogP contribution < -0.4 is 5.32 Å². The third-order valence-corrected chi connectivity index (χ3v) is 8.87. The number of aromatic carboxylic acids is 1. The fourth-order valence-electron chi connectivity index (χ4n) is 4.01. The van der Waals surface area contributed by atoms with E-state index in [2.05, 4.69) is 16.4 Å². The molecule has 0 saturated carbocycles. The maximum Gasteiger partial charge on any atom is 0.345 e. The Kier molecular flexibility index (Phi) is 6.48. The monoisotopic (exact) mass is 528 g/mol. The molecule has 0 aliphatic rings. The average Bonchev–Trinajstić information content (AvgIpc) is 3.55. The van der Waals surface area contributed by atoms with E-state index >= 15 is 0 Å². The van der Waals surface area contributed by atoms with Gasteiger partial charge >= 0.3 is 5.97 Å². The number of sulfone groups is 1. The zero-order valence-corrected chi connectivity index (χ0v) is 20.9. The van der Waals surface area contributed by atoms with Crippen molar-refractivity contribution in [3.8, 4) is 6.07 Å². The van der Waals surface area contributed by atoms with Crippen molar-refractivity contribution in [1.29, 1.82) is 5.26 Å². The number of rotatable bonds is 8. The molecule has 0 amide bonds. The predicted octanol–water partition coefficient (Wildman–Crippen LogP) is 5.30. The number of nitriles is 1. The molecule has 5 aromatic rings. The number of fused-ring (bicyclic) bond motifs is 1. The minimum absolute atomic E-state index is 0.156. The lowest BCUT2D eigenvalue weighted by Gasteiger charge is -2.22. The van der Waals surface area contributed by atoms with Gasteiger partial charge in [0.1, 0.15) is 4.88 Å².